The number of nitrogens with zero attached hydrogens (tertiary/aromatic N) is 1. The fourth-order valence-electron chi connectivity index (χ4n) is 1.75. The molecule has 0 unspecified atom stereocenters. The minimum absolute atomic E-state index is 0.0640. The van der Waals surface area contributed by atoms with Gasteiger partial charge in [-0.3, -0.25) is 5.10 Å². The van der Waals surface area contributed by atoms with Gasteiger partial charge in [-0.15, -0.1) is 0 Å². The highest BCUT2D eigenvalue weighted by Gasteiger charge is 2.40. The van der Waals surface area contributed by atoms with Crippen LogP contribution >= 0.6 is 0 Å². The fraction of sp³-hybridized carbons (Fsp3) is 0.308. The van der Waals surface area contributed by atoms with Crippen LogP contribution in [0.4, 0.5) is 22.0 Å². The highest BCUT2D eigenvalue weighted by molar-refractivity contribution is 5.62. The van der Waals surface area contributed by atoms with E-state index in [-0.39, 0.29) is 6.54 Å². The molecule has 1 aromatic heterocycles. The highest BCUT2D eigenvalue weighted by Crippen LogP contribution is 2.23. The van der Waals surface area contributed by atoms with Crippen molar-refractivity contribution in [2.45, 2.75) is 18.9 Å². The summed E-state index contributed by atoms with van der Waals surface area (Å²) in [5, 5.41) is 8.71. The number of aromatic amines is 1. The summed E-state index contributed by atoms with van der Waals surface area (Å²) in [7, 11) is 0. The van der Waals surface area contributed by atoms with E-state index in [0.29, 0.717) is 16.8 Å². The summed E-state index contributed by atoms with van der Waals surface area (Å²) in [5.41, 5.74) is 1.65. The summed E-state index contributed by atoms with van der Waals surface area (Å²) in [4.78, 5) is 0. The second-order valence-corrected chi connectivity index (χ2v) is 4.44. The highest BCUT2D eigenvalue weighted by atomic mass is 19.3. The Hall–Kier alpha value is -1.96. The molecule has 0 aliphatic heterocycles. The van der Waals surface area contributed by atoms with Gasteiger partial charge in [-0.05, 0) is 24.3 Å². The van der Waals surface area contributed by atoms with Gasteiger partial charge in [0.15, 0.2) is 0 Å². The lowest BCUT2D eigenvalue weighted by atomic mass is 10.1. The average Bonchev–Trinajstić information content (AvgIpc) is 2.87. The molecule has 2 rings (SSSR count). The lowest BCUT2D eigenvalue weighted by Gasteiger charge is -2.15. The normalized spacial score (nSPS) is 12.1. The Bertz CT molecular complexity index is 580. The Morgan fingerprint density at radius 2 is 1.86 bits per heavy atom. The second-order valence-electron chi connectivity index (χ2n) is 4.44. The zero-order valence-corrected chi connectivity index (χ0v) is 10.7. The van der Waals surface area contributed by atoms with Crippen LogP contribution in [0.3, 0.4) is 0 Å². The van der Waals surface area contributed by atoms with Crippen LogP contribution in [0.15, 0.2) is 30.5 Å². The van der Waals surface area contributed by atoms with Crippen molar-refractivity contribution in [1.82, 2.24) is 15.5 Å². The summed E-state index contributed by atoms with van der Waals surface area (Å²) in [6.07, 6.45) is -2.32. The van der Waals surface area contributed by atoms with E-state index in [2.05, 4.69) is 15.5 Å². The zero-order chi connectivity index (χ0) is 15.5. The first-order valence-electron chi connectivity index (χ1n) is 6.05. The molecular formula is C13H12F5N3. The quantitative estimate of drug-likeness (QED) is 0.805. The molecule has 0 bridgehead atoms. The smallest absolute Gasteiger partial charge is 0.307 e. The lowest BCUT2D eigenvalue weighted by Crippen LogP contribution is -2.38. The molecule has 114 valence electrons. The molecular weight excluding hydrogens is 293 g/mol. The molecule has 0 spiro atoms. The van der Waals surface area contributed by atoms with E-state index >= 15 is 0 Å². The number of benzene rings is 1. The number of alkyl halides is 4. The molecule has 2 N–H and O–H groups in total. The molecule has 0 saturated carbocycles. The van der Waals surface area contributed by atoms with Gasteiger partial charge in [-0.1, -0.05) is 0 Å². The Morgan fingerprint density at radius 3 is 2.48 bits per heavy atom. The van der Waals surface area contributed by atoms with Gasteiger partial charge in [0.1, 0.15) is 5.82 Å². The monoisotopic (exact) mass is 305 g/mol. The number of hydrogen-bond acceptors (Lipinski definition) is 2. The second kappa shape index (κ2) is 6.21. The van der Waals surface area contributed by atoms with Gasteiger partial charge in [0, 0.05) is 17.7 Å². The summed E-state index contributed by atoms with van der Waals surface area (Å²) in [6.45, 7) is -1.20. The van der Waals surface area contributed by atoms with Crippen molar-refractivity contribution in [3.8, 4) is 11.3 Å². The van der Waals surface area contributed by atoms with Gasteiger partial charge >= 0.3 is 12.3 Å². The van der Waals surface area contributed by atoms with Gasteiger partial charge in [-0.2, -0.15) is 13.9 Å². The predicted molar refractivity (Wildman–Crippen MR) is 66.6 cm³/mol. The van der Waals surface area contributed by atoms with E-state index in [1.54, 1.807) is 0 Å². The van der Waals surface area contributed by atoms with Crippen LogP contribution in [0.2, 0.25) is 0 Å². The summed E-state index contributed by atoms with van der Waals surface area (Å²) >= 11 is 0. The minimum Gasteiger partial charge on any atom is -0.307 e. The lowest BCUT2D eigenvalue weighted by molar-refractivity contribution is -0.125. The first-order valence-corrected chi connectivity index (χ1v) is 6.05. The Morgan fingerprint density at radius 1 is 1.19 bits per heavy atom. The molecule has 1 aromatic carbocycles. The third-order valence-electron chi connectivity index (χ3n) is 2.85. The van der Waals surface area contributed by atoms with Crippen LogP contribution in [0.5, 0.6) is 0 Å². The number of rotatable bonds is 6. The molecule has 0 atom stereocenters. The van der Waals surface area contributed by atoms with Crippen molar-refractivity contribution in [2.24, 2.45) is 0 Å². The maximum absolute atomic E-state index is 12.8. The summed E-state index contributed by atoms with van der Waals surface area (Å²) in [6, 6.07) is 5.50. The third-order valence-corrected chi connectivity index (χ3v) is 2.85. The number of hydrogen-bond donors (Lipinski definition) is 2. The van der Waals surface area contributed by atoms with Gasteiger partial charge in [0.05, 0.1) is 18.4 Å². The van der Waals surface area contributed by atoms with Crippen LogP contribution in [0.1, 0.15) is 5.56 Å². The molecule has 3 nitrogen and oxygen atoms in total. The van der Waals surface area contributed by atoms with E-state index < -0.39 is 24.7 Å². The molecule has 0 amide bonds. The Kier molecular flexibility index (Phi) is 4.56. The standard InChI is InChI=1S/C13H12F5N3/c14-10-3-1-8(2-4-10)11-9(6-20-21-11)5-19-7-13(17,18)12(15)16/h1-4,6,12,19H,5,7H2,(H,20,21). The number of halogens is 5. The summed E-state index contributed by atoms with van der Waals surface area (Å²) < 4.78 is 62.4. The van der Waals surface area contributed by atoms with E-state index in [4.69, 9.17) is 0 Å². The average molecular weight is 305 g/mol. The number of nitrogens with one attached hydrogen (secondary N) is 2. The first-order chi connectivity index (χ1) is 9.90. The predicted octanol–water partition coefficient (Wildman–Crippen LogP) is 3.21. The van der Waals surface area contributed by atoms with Crippen molar-refractivity contribution in [2.75, 3.05) is 6.54 Å². The molecule has 0 fully saturated rings. The molecule has 0 aliphatic rings. The largest absolute Gasteiger partial charge is 0.319 e. The topological polar surface area (TPSA) is 40.7 Å². The third kappa shape index (κ3) is 3.78. The zero-order valence-electron chi connectivity index (χ0n) is 10.7. The molecule has 8 heteroatoms. The van der Waals surface area contributed by atoms with Crippen molar-refractivity contribution in [3.63, 3.8) is 0 Å². The van der Waals surface area contributed by atoms with E-state index in [1.807, 2.05) is 0 Å². The maximum Gasteiger partial charge on any atom is 0.319 e. The van der Waals surface area contributed by atoms with E-state index in [1.165, 1.54) is 30.5 Å². The Balaban J connectivity index is 2.03. The first kappa shape index (κ1) is 15.4. The minimum atomic E-state index is -4.08. The molecule has 21 heavy (non-hydrogen) atoms. The maximum atomic E-state index is 12.8. The van der Waals surface area contributed by atoms with Crippen molar-refractivity contribution < 1.29 is 22.0 Å². The molecule has 0 radical (unpaired) electrons. The van der Waals surface area contributed by atoms with Crippen molar-refractivity contribution >= 4 is 0 Å². The SMILES string of the molecule is Fc1ccc(-c2[nH]ncc2CNCC(F)(F)C(F)F)cc1. The Labute approximate surface area is 117 Å². The van der Waals surface area contributed by atoms with Crippen LogP contribution in [0.25, 0.3) is 11.3 Å². The molecule has 2 aromatic rings. The molecule has 0 saturated heterocycles. The number of aromatic nitrogens is 2. The fourth-order valence-corrected chi connectivity index (χ4v) is 1.75. The van der Waals surface area contributed by atoms with Crippen LogP contribution in [-0.4, -0.2) is 29.1 Å². The van der Waals surface area contributed by atoms with Crippen LogP contribution in [-0.2, 0) is 6.54 Å². The molecule has 0 aliphatic carbocycles. The van der Waals surface area contributed by atoms with Gasteiger partial charge in [0.2, 0.25) is 0 Å². The van der Waals surface area contributed by atoms with Crippen molar-refractivity contribution in [1.29, 1.82) is 0 Å². The van der Waals surface area contributed by atoms with Gasteiger partial charge < -0.3 is 5.32 Å². The van der Waals surface area contributed by atoms with Gasteiger partial charge in [0.25, 0.3) is 0 Å². The van der Waals surface area contributed by atoms with E-state index in [9.17, 15) is 22.0 Å². The van der Waals surface area contributed by atoms with Crippen LogP contribution in [0, 0.1) is 5.82 Å². The van der Waals surface area contributed by atoms with Gasteiger partial charge in [-0.25, -0.2) is 13.2 Å². The van der Waals surface area contributed by atoms with Crippen molar-refractivity contribution in [3.05, 3.63) is 41.8 Å². The molecule has 1 heterocycles. The van der Waals surface area contributed by atoms with Crippen LogP contribution < -0.4 is 5.32 Å². The summed E-state index contributed by atoms with van der Waals surface area (Å²) in [5.74, 6) is -4.49. The van der Waals surface area contributed by atoms with E-state index in [0.717, 1.165) is 0 Å². The number of H-pyrrole nitrogens is 1.